The van der Waals surface area contributed by atoms with Crippen LogP contribution in [-0.2, 0) is 13.6 Å². The van der Waals surface area contributed by atoms with E-state index in [1.54, 1.807) is 0 Å². The van der Waals surface area contributed by atoms with E-state index in [1.165, 1.54) is 34.7 Å². The Labute approximate surface area is 181 Å². The fourth-order valence-electron chi connectivity index (χ4n) is 2.74. The number of hydrogen-bond acceptors (Lipinski definition) is 9. The molecule has 0 saturated heterocycles. The first-order valence-electron chi connectivity index (χ1n) is 9.29. The van der Waals surface area contributed by atoms with Crippen LogP contribution < -0.4 is 22.3 Å². The minimum atomic E-state index is -0.699. The molecule has 0 saturated carbocycles. The van der Waals surface area contributed by atoms with Crippen LogP contribution in [0.2, 0.25) is 0 Å². The molecule has 3 N–H and O–H groups in total. The second-order valence-electron chi connectivity index (χ2n) is 6.49. The lowest BCUT2D eigenvalue weighted by Crippen LogP contribution is -2.43. The van der Waals surface area contributed by atoms with Gasteiger partial charge in [0.1, 0.15) is 11.4 Å². The topological polar surface area (TPSA) is 125 Å². The molecule has 2 heterocycles. The van der Waals surface area contributed by atoms with Crippen molar-refractivity contribution in [2.45, 2.75) is 24.2 Å². The minimum Gasteiger partial charge on any atom is -0.384 e. The normalized spacial score (nSPS) is 10.9. The van der Waals surface area contributed by atoms with Gasteiger partial charge in [-0.15, -0.1) is 10.2 Å². The van der Waals surface area contributed by atoms with Gasteiger partial charge in [0.05, 0.1) is 12.3 Å². The van der Waals surface area contributed by atoms with Crippen LogP contribution in [0.15, 0.2) is 44.3 Å². The van der Waals surface area contributed by atoms with E-state index >= 15 is 0 Å². The maximum Gasteiger partial charge on any atom is 0.332 e. The number of carbonyl (C=O) groups excluding carboxylic acids is 1. The number of nitrogen functional groups attached to an aromatic ring is 1. The molecule has 3 rings (SSSR count). The molecule has 0 amide bonds. The second-order valence-corrected chi connectivity index (χ2v) is 8.69. The van der Waals surface area contributed by atoms with Crippen molar-refractivity contribution >= 4 is 39.8 Å². The van der Waals surface area contributed by atoms with Crippen LogP contribution in [0.1, 0.15) is 29.3 Å². The van der Waals surface area contributed by atoms with Gasteiger partial charge in [0.15, 0.2) is 10.1 Å². The zero-order chi connectivity index (χ0) is 21.7. The Morgan fingerprint density at radius 1 is 1.23 bits per heavy atom. The number of thioether (sulfide) groups is 1. The molecule has 0 fully saturated rings. The Bertz CT molecular complexity index is 1150. The number of benzene rings is 1. The van der Waals surface area contributed by atoms with E-state index in [4.69, 9.17) is 5.73 Å². The highest BCUT2D eigenvalue weighted by Crippen LogP contribution is 2.26. The fourth-order valence-corrected chi connectivity index (χ4v) is 4.38. The van der Waals surface area contributed by atoms with E-state index in [2.05, 4.69) is 15.5 Å². The van der Waals surface area contributed by atoms with Crippen molar-refractivity contribution in [1.82, 2.24) is 19.3 Å². The summed E-state index contributed by atoms with van der Waals surface area (Å²) in [5, 5.41) is 11.9. The number of carbonyl (C=O) groups is 1. The maximum atomic E-state index is 12.8. The summed E-state index contributed by atoms with van der Waals surface area (Å²) in [6.45, 7) is 2.99. The fraction of sp³-hybridized carbons (Fsp3) is 0.316. The van der Waals surface area contributed by atoms with Gasteiger partial charge in [-0.3, -0.25) is 18.7 Å². The quantitative estimate of drug-likeness (QED) is 0.377. The first-order chi connectivity index (χ1) is 14.4. The van der Waals surface area contributed by atoms with Crippen LogP contribution in [-0.4, -0.2) is 37.4 Å². The summed E-state index contributed by atoms with van der Waals surface area (Å²) >= 11 is 2.52. The number of anilines is 2. The van der Waals surface area contributed by atoms with Gasteiger partial charge in [-0.05, 0) is 12.0 Å². The van der Waals surface area contributed by atoms with Crippen molar-refractivity contribution in [3.63, 3.8) is 0 Å². The van der Waals surface area contributed by atoms with E-state index in [0.717, 1.165) is 23.1 Å². The van der Waals surface area contributed by atoms with Crippen LogP contribution >= 0.6 is 23.1 Å². The van der Waals surface area contributed by atoms with Gasteiger partial charge in [0.2, 0.25) is 5.13 Å². The highest BCUT2D eigenvalue weighted by atomic mass is 32.2. The van der Waals surface area contributed by atoms with E-state index < -0.39 is 17.0 Å². The molecule has 9 nitrogen and oxygen atoms in total. The van der Waals surface area contributed by atoms with Gasteiger partial charge in [0.25, 0.3) is 5.56 Å². The molecule has 11 heteroatoms. The van der Waals surface area contributed by atoms with Crippen molar-refractivity contribution in [3.8, 4) is 0 Å². The molecular weight excluding hydrogens is 424 g/mol. The van der Waals surface area contributed by atoms with Crippen LogP contribution in [0, 0.1) is 0 Å². The number of ketones is 1. The highest BCUT2D eigenvalue weighted by Gasteiger charge is 2.22. The Balaban J connectivity index is 1.84. The molecular formula is C19H22N6O3S2. The molecule has 0 radical (unpaired) electrons. The van der Waals surface area contributed by atoms with Gasteiger partial charge >= 0.3 is 5.69 Å². The molecule has 0 bridgehead atoms. The Kier molecular flexibility index (Phi) is 7.06. The van der Waals surface area contributed by atoms with Crippen LogP contribution in [0.5, 0.6) is 0 Å². The molecule has 30 heavy (non-hydrogen) atoms. The number of nitrogens with zero attached hydrogens (tertiary/aromatic N) is 4. The van der Waals surface area contributed by atoms with Gasteiger partial charge in [0, 0.05) is 13.6 Å². The predicted molar refractivity (Wildman–Crippen MR) is 120 cm³/mol. The molecule has 0 aliphatic rings. The SMILES string of the molecule is CCCNc1nnc(SCC(=O)c2c(N)n(Cc3ccccc3)c(=O)n(C)c2=O)s1. The van der Waals surface area contributed by atoms with E-state index in [9.17, 15) is 14.4 Å². The van der Waals surface area contributed by atoms with Crippen molar-refractivity contribution in [1.29, 1.82) is 0 Å². The number of nitrogens with one attached hydrogen (secondary N) is 1. The van der Waals surface area contributed by atoms with Crippen LogP contribution in [0.3, 0.4) is 0 Å². The summed E-state index contributed by atoms with van der Waals surface area (Å²) in [5.74, 6) is -0.621. The summed E-state index contributed by atoms with van der Waals surface area (Å²) in [4.78, 5) is 38.0. The lowest BCUT2D eigenvalue weighted by atomic mass is 10.2. The lowest BCUT2D eigenvalue weighted by Gasteiger charge is -2.14. The third-order valence-electron chi connectivity index (χ3n) is 4.31. The number of nitrogens with two attached hydrogens (primary N) is 1. The van der Waals surface area contributed by atoms with E-state index in [0.29, 0.717) is 9.47 Å². The summed E-state index contributed by atoms with van der Waals surface area (Å²) in [5.41, 5.74) is 5.49. The average molecular weight is 447 g/mol. The van der Waals surface area contributed by atoms with Crippen LogP contribution in [0.4, 0.5) is 10.9 Å². The first kappa shape index (κ1) is 21.8. The Morgan fingerprint density at radius 2 is 1.97 bits per heavy atom. The van der Waals surface area contributed by atoms with Crippen molar-refractivity contribution in [2.24, 2.45) is 7.05 Å². The smallest absolute Gasteiger partial charge is 0.332 e. The van der Waals surface area contributed by atoms with Crippen LogP contribution in [0.25, 0.3) is 0 Å². The van der Waals surface area contributed by atoms with Gasteiger partial charge in [-0.2, -0.15) is 0 Å². The Hall–Kier alpha value is -2.92. The zero-order valence-corrected chi connectivity index (χ0v) is 18.3. The predicted octanol–water partition coefficient (Wildman–Crippen LogP) is 1.83. The highest BCUT2D eigenvalue weighted by molar-refractivity contribution is 8.01. The monoisotopic (exact) mass is 446 g/mol. The number of Topliss-reactive ketones (excluding diaryl/α,β-unsaturated/α-hetero) is 1. The van der Waals surface area contributed by atoms with E-state index in [1.807, 2.05) is 37.3 Å². The third kappa shape index (κ3) is 4.79. The molecule has 0 unspecified atom stereocenters. The van der Waals surface area contributed by atoms with Gasteiger partial charge in [-0.1, -0.05) is 60.4 Å². The molecule has 158 valence electrons. The van der Waals surface area contributed by atoms with Crippen molar-refractivity contribution in [2.75, 3.05) is 23.3 Å². The summed E-state index contributed by atoms with van der Waals surface area (Å²) in [6.07, 6.45) is 0.960. The summed E-state index contributed by atoms with van der Waals surface area (Å²) in [7, 11) is 1.34. The minimum absolute atomic E-state index is 0.0363. The molecule has 0 spiro atoms. The first-order valence-corrected chi connectivity index (χ1v) is 11.1. The lowest BCUT2D eigenvalue weighted by molar-refractivity contribution is 0.102. The number of hydrogen-bond donors (Lipinski definition) is 2. The van der Waals surface area contributed by atoms with E-state index in [-0.39, 0.29) is 23.7 Å². The van der Waals surface area contributed by atoms with Gasteiger partial charge in [-0.25, -0.2) is 4.79 Å². The number of aromatic nitrogens is 4. The molecule has 0 aliphatic carbocycles. The molecule has 0 atom stereocenters. The molecule has 2 aromatic heterocycles. The number of rotatable bonds is 9. The standard InChI is InChI=1S/C19H22N6O3S2/c1-3-9-21-17-22-23-18(30-17)29-11-13(26)14-15(20)25(19(28)24(2)16(14)27)10-12-7-5-4-6-8-12/h4-8H,3,9-11,20H2,1-2H3,(H,21,22). The largest absolute Gasteiger partial charge is 0.384 e. The van der Waals surface area contributed by atoms with Crippen molar-refractivity contribution < 1.29 is 4.79 Å². The summed E-state index contributed by atoms with van der Waals surface area (Å²) in [6, 6.07) is 9.22. The molecule has 3 aromatic rings. The van der Waals surface area contributed by atoms with Crippen molar-refractivity contribution in [3.05, 3.63) is 62.3 Å². The maximum absolute atomic E-state index is 12.8. The third-order valence-corrected chi connectivity index (χ3v) is 6.32. The average Bonchev–Trinajstić information content (AvgIpc) is 3.21. The van der Waals surface area contributed by atoms with Gasteiger partial charge < -0.3 is 11.1 Å². The summed E-state index contributed by atoms with van der Waals surface area (Å²) < 4.78 is 2.76. The molecule has 1 aromatic carbocycles. The molecule has 0 aliphatic heterocycles. The zero-order valence-electron chi connectivity index (χ0n) is 16.6. The second kappa shape index (κ2) is 9.72. The Morgan fingerprint density at radius 3 is 2.67 bits per heavy atom.